The van der Waals surface area contributed by atoms with Crippen LogP contribution in [0.1, 0.15) is 25.3 Å². The van der Waals surface area contributed by atoms with Crippen LogP contribution in [0.3, 0.4) is 0 Å². The monoisotopic (exact) mass is 224 g/mol. The van der Waals surface area contributed by atoms with Crippen molar-refractivity contribution in [3.05, 3.63) is 35.9 Å². The van der Waals surface area contributed by atoms with E-state index in [1.54, 1.807) is 14.2 Å². The highest BCUT2D eigenvalue weighted by Crippen LogP contribution is 2.21. The fourth-order valence-corrected chi connectivity index (χ4v) is 1.55. The van der Waals surface area contributed by atoms with Gasteiger partial charge in [0.2, 0.25) is 0 Å². The molecule has 3 heteroatoms. The molecule has 0 fully saturated rings. The lowest BCUT2D eigenvalue weighted by Gasteiger charge is -2.30. The zero-order chi connectivity index (χ0) is 11.9. The van der Waals surface area contributed by atoms with Crippen molar-refractivity contribution in [3.63, 3.8) is 0 Å². The van der Waals surface area contributed by atoms with E-state index in [4.69, 9.17) is 14.2 Å². The van der Waals surface area contributed by atoms with E-state index in [0.29, 0.717) is 13.0 Å². The minimum Gasteiger partial charge on any atom is -0.331 e. The van der Waals surface area contributed by atoms with Gasteiger partial charge in [-0.15, -0.1) is 0 Å². The summed E-state index contributed by atoms with van der Waals surface area (Å²) in [6.07, 6.45) is 1.66. The van der Waals surface area contributed by atoms with Crippen LogP contribution >= 0.6 is 0 Å². The fraction of sp³-hybridized carbons (Fsp3) is 0.538. The van der Waals surface area contributed by atoms with Gasteiger partial charge < -0.3 is 14.2 Å². The maximum absolute atomic E-state index is 5.71. The first-order valence-electron chi connectivity index (χ1n) is 5.54. The molecular formula is C13H20O3. The van der Waals surface area contributed by atoms with Crippen LogP contribution in [0.25, 0.3) is 0 Å². The van der Waals surface area contributed by atoms with Gasteiger partial charge in [-0.25, -0.2) is 0 Å². The van der Waals surface area contributed by atoms with Crippen LogP contribution in [-0.4, -0.2) is 20.2 Å². The number of methoxy groups -OCH3 is 2. The second kappa shape index (κ2) is 6.63. The molecule has 0 heterocycles. The predicted molar refractivity (Wildman–Crippen MR) is 62.9 cm³/mol. The first-order chi connectivity index (χ1) is 7.76. The van der Waals surface area contributed by atoms with Crippen molar-refractivity contribution in [2.75, 3.05) is 14.2 Å². The minimum atomic E-state index is -0.912. The molecular weight excluding hydrogens is 204 g/mol. The lowest BCUT2D eigenvalue weighted by atomic mass is 10.2. The quantitative estimate of drug-likeness (QED) is 0.666. The third-order valence-electron chi connectivity index (χ3n) is 2.48. The molecule has 1 aromatic carbocycles. The Morgan fingerprint density at radius 2 is 1.69 bits per heavy atom. The van der Waals surface area contributed by atoms with Gasteiger partial charge in [0.1, 0.15) is 0 Å². The molecule has 0 saturated carbocycles. The van der Waals surface area contributed by atoms with Crippen molar-refractivity contribution in [2.45, 2.75) is 32.3 Å². The molecule has 3 nitrogen and oxygen atoms in total. The smallest absolute Gasteiger partial charge is 0.282 e. The standard InChI is InChI=1S/C13H20O3/c1-4-10-13(14-2,15-3)16-11-12-8-6-5-7-9-12/h5-9H,4,10-11H2,1-3H3. The van der Waals surface area contributed by atoms with E-state index >= 15 is 0 Å². The Labute approximate surface area is 97.3 Å². The summed E-state index contributed by atoms with van der Waals surface area (Å²) in [6, 6.07) is 9.99. The number of hydrogen-bond donors (Lipinski definition) is 0. The first kappa shape index (κ1) is 13.2. The molecule has 1 aromatic rings. The average Bonchev–Trinajstić information content (AvgIpc) is 2.36. The van der Waals surface area contributed by atoms with Gasteiger partial charge in [0, 0.05) is 20.6 Å². The lowest BCUT2D eigenvalue weighted by Crippen LogP contribution is -2.36. The van der Waals surface area contributed by atoms with E-state index in [9.17, 15) is 0 Å². The molecule has 0 aliphatic carbocycles. The van der Waals surface area contributed by atoms with E-state index in [1.165, 1.54) is 0 Å². The van der Waals surface area contributed by atoms with Gasteiger partial charge in [-0.05, 0) is 12.0 Å². The van der Waals surface area contributed by atoms with Gasteiger partial charge in [0.15, 0.2) is 0 Å². The van der Waals surface area contributed by atoms with Crippen LogP contribution in [0.2, 0.25) is 0 Å². The van der Waals surface area contributed by atoms with Crippen molar-refractivity contribution in [2.24, 2.45) is 0 Å². The molecule has 0 spiro atoms. The van der Waals surface area contributed by atoms with Crippen LogP contribution in [0, 0.1) is 0 Å². The van der Waals surface area contributed by atoms with Gasteiger partial charge >= 0.3 is 0 Å². The topological polar surface area (TPSA) is 27.7 Å². The summed E-state index contributed by atoms with van der Waals surface area (Å²) in [6.45, 7) is 2.56. The number of rotatable bonds is 7. The third-order valence-corrected chi connectivity index (χ3v) is 2.48. The molecule has 0 aliphatic rings. The first-order valence-corrected chi connectivity index (χ1v) is 5.54. The van der Waals surface area contributed by atoms with Gasteiger partial charge in [0.05, 0.1) is 6.61 Å². The number of hydrogen-bond acceptors (Lipinski definition) is 3. The van der Waals surface area contributed by atoms with Crippen molar-refractivity contribution in [1.29, 1.82) is 0 Å². The van der Waals surface area contributed by atoms with Crippen molar-refractivity contribution in [3.8, 4) is 0 Å². The number of benzene rings is 1. The van der Waals surface area contributed by atoms with Gasteiger partial charge in [0.25, 0.3) is 5.97 Å². The normalized spacial score (nSPS) is 11.7. The van der Waals surface area contributed by atoms with Crippen LogP contribution in [-0.2, 0) is 20.8 Å². The molecule has 0 bridgehead atoms. The molecule has 0 saturated heterocycles. The average molecular weight is 224 g/mol. The molecule has 0 aromatic heterocycles. The van der Waals surface area contributed by atoms with E-state index < -0.39 is 5.97 Å². The summed E-state index contributed by atoms with van der Waals surface area (Å²) < 4.78 is 16.3. The highest BCUT2D eigenvalue weighted by atomic mass is 16.9. The zero-order valence-electron chi connectivity index (χ0n) is 10.2. The second-order valence-corrected chi connectivity index (χ2v) is 3.62. The highest BCUT2D eigenvalue weighted by Gasteiger charge is 2.29. The fourth-order valence-electron chi connectivity index (χ4n) is 1.55. The predicted octanol–water partition coefficient (Wildman–Crippen LogP) is 2.95. The Kier molecular flexibility index (Phi) is 5.46. The Balaban J connectivity index is 2.56. The van der Waals surface area contributed by atoms with E-state index in [1.807, 2.05) is 30.3 Å². The van der Waals surface area contributed by atoms with E-state index in [0.717, 1.165) is 12.0 Å². The van der Waals surface area contributed by atoms with Crippen LogP contribution in [0.4, 0.5) is 0 Å². The maximum atomic E-state index is 5.71. The van der Waals surface area contributed by atoms with Crippen molar-refractivity contribution in [1.82, 2.24) is 0 Å². The molecule has 0 N–H and O–H groups in total. The van der Waals surface area contributed by atoms with Crippen LogP contribution < -0.4 is 0 Å². The Morgan fingerprint density at radius 1 is 1.06 bits per heavy atom. The summed E-state index contributed by atoms with van der Waals surface area (Å²) in [5, 5.41) is 0. The maximum Gasteiger partial charge on any atom is 0.282 e. The molecule has 0 radical (unpaired) electrons. The minimum absolute atomic E-state index is 0.489. The number of ether oxygens (including phenoxy) is 3. The molecule has 0 amide bonds. The molecule has 16 heavy (non-hydrogen) atoms. The summed E-state index contributed by atoms with van der Waals surface area (Å²) in [4.78, 5) is 0. The molecule has 0 unspecified atom stereocenters. The van der Waals surface area contributed by atoms with Gasteiger partial charge in [-0.3, -0.25) is 0 Å². The summed E-state index contributed by atoms with van der Waals surface area (Å²) in [5.41, 5.74) is 1.11. The Hall–Kier alpha value is -0.900. The molecule has 90 valence electrons. The van der Waals surface area contributed by atoms with Crippen LogP contribution in [0.5, 0.6) is 0 Å². The van der Waals surface area contributed by atoms with E-state index in [-0.39, 0.29) is 0 Å². The van der Waals surface area contributed by atoms with Gasteiger partial charge in [-0.2, -0.15) is 0 Å². The Morgan fingerprint density at radius 3 is 2.19 bits per heavy atom. The van der Waals surface area contributed by atoms with Crippen LogP contribution in [0.15, 0.2) is 30.3 Å². The van der Waals surface area contributed by atoms with Gasteiger partial charge in [-0.1, -0.05) is 37.3 Å². The third kappa shape index (κ3) is 3.59. The van der Waals surface area contributed by atoms with Crippen molar-refractivity contribution < 1.29 is 14.2 Å². The van der Waals surface area contributed by atoms with E-state index in [2.05, 4.69) is 6.92 Å². The molecule has 0 atom stereocenters. The molecule has 0 aliphatic heterocycles. The lowest BCUT2D eigenvalue weighted by molar-refractivity contribution is -0.369. The largest absolute Gasteiger partial charge is 0.331 e. The second-order valence-electron chi connectivity index (χ2n) is 3.62. The zero-order valence-corrected chi connectivity index (χ0v) is 10.2. The Bertz CT molecular complexity index is 280. The SMILES string of the molecule is CCCC(OC)(OC)OCc1ccccc1. The molecule has 1 rings (SSSR count). The highest BCUT2D eigenvalue weighted by molar-refractivity contribution is 5.13. The summed E-state index contributed by atoms with van der Waals surface area (Å²) in [5.74, 6) is -0.912. The summed E-state index contributed by atoms with van der Waals surface area (Å²) >= 11 is 0. The summed E-state index contributed by atoms with van der Waals surface area (Å²) in [7, 11) is 3.20. The van der Waals surface area contributed by atoms with Crippen molar-refractivity contribution >= 4 is 0 Å².